The van der Waals surface area contributed by atoms with Crippen LogP contribution in [0.15, 0.2) is 77.7 Å². The molecule has 0 aliphatic carbocycles. The van der Waals surface area contributed by atoms with Gasteiger partial charge in [0.2, 0.25) is 0 Å². The summed E-state index contributed by atoms with van der Waals surface area (Å²) in [5.74, 6) is 0.487. The molecule has 0 fully saturated rings. The van der Waals surface area contributed by atoms with E-state index in [4.69, 9.17) is 26.6 Å². The zero-order valence-electron chi connectivity index (χ0n) is 19.1. The van der Waals surface area contributed by atoms with Gasteiger partial charge in [0.05, 0.1) is 33.6 Å². The molecule has 35 heavy (non-hydrogen) atoms. The van der Waals surface area contributed by atoms with Crippen molar-refractivity contribution in [2.24, 2.45) is 0 Å². The molecule has 0 spiro atoms. The molecule has 8 heteroatoms. The normalized spacial score (nSPS) is 10.9. The van der Waals surface area contributed by atoms with Crippen LogP contribution in [0.4, 0.5) is 0 Å². The van der Waals surface area contributed by atoms with Crippen LogP contribution in [0.25, 0.3) is 22.6 Å². The molecule has 0 bridgehead atoms. The predicted molar refractivity (Wildman–Crippen MR) is 134 cm³/mol. The molecule has 0 aliphatic heterocycles. The van der Waals surface area contributed by atoms with Gasteiger partial charge >= 0.3 is 0 Å². The second kappa shape index (κ2) is 9.09. The third-order valence-electron chi connectivity index (χ3n) is 5.70. The lowest BCUT2D eigenvalue weighted by atomic mass is 10.1. The van der Waals surface area contributed by atoms with Crippen molar-refractivity contribution < 1.29 is 4.74 Å². The molecule has 3 aromatic heterocycles. The zero-order chi connectivity index (χ0) is 24.5. The van der Waals surface area contributed by atoms with Crippen molar-refractivity contribution in [3.05, 3.63) is 111 Å². The van der Waals surface area contributed by atoms with E-state index in [1.807, 2.05) is 43.3 Å². The number of nitrogens with zero attached hydrogens (tertiary/aromatic N) is 5. The largest absolute Gasteiger partial charge is 0.485 e. The van der Waals surface area contributed by atoms with Crippen LogP contribution >= 0.6 is 11.6 Å². The highest BCUT2D eigenvalue weighted by Crippen LogP contribution is 2.26. The number of fused-ring (bicyclic) bond motifs is 1. The van der Waals surface area contributed by atoms with E-state index >= 15 is 0 Å². The van der Waals surface area contributed by atoms with Crippen LogP contribution in [-0.4, -0.2) is 19.2 Å². The van der Waals surface area contributed by atoms with Gasteiger partial charge < -0.3 is 4.74 Å². The van der Waals surface area contributed by atoms with Crippen LogP contribution in [0.5, 0.6) is 5.75 Å². The zero-order valence-corrected chi connectivity index (χ0v) is 19.8. The molecule has 7 nitrogen and oxygen atoms in total. The molecule has 3 heterocycles. The van der Waals surface area contributed by atoms with Crippen LogP contribution in [0.3, 0.4) is 0 Å². The number of aromatic nitrogens is 4. The standard InChI is InChI=1S/C27H20ClN5O2/c1-17-14-22(31-33(17)23-7-4-3-6-21(23)28)25-18(2)30-26-24(8-5-13-32(26)27(25)34)35-16-20-11-9-19(15-29)10-12-20/h3-14H,16H2,1-2H3. The number of pyridine rings is 1. The molecule has 0 saturated carbocycles. The molecular weight excluding hydrogens is 462 g/mol. The highest BCUT2D eigenvalue weighted by Gasteiger charge is 2.19. The minimum atomic E-state index is -0.236. The molecule has 0 saturated heterocycles. The Balaban J connectivity index is 1.53. The first-order chi connectivity index (χ1) is 17.0. The number of hydrogen-bond donors (Lipinski definition) is 0. The molecule has 0 aliphatic rings. The van der Waals surface area contributed by atoms with Gasteiger partial charge in [-0.3, -0.25) is 9.20 Å². The Kier molecular flexibility index (Phi) is 5.81. The monoisotopic (exact) mass is 481 g/mol. The van der Waals surface area contributed by atoms with Crippen LogP contribution in [-0.2, 0) is 6.61 Å². The third-order valence-corrected chi connectivity index (χ3v) is 6.02. The van der Waals surface area contributed by atoms with Crippen LogP contribution < -0.4 is 10.3 Å². The molecule has 0 N–H and O–H groups in total. The first-order valence-corrected chi connectivity index (χ1v) is 11.3. The van der Waals surface area contributed by atoms with Gasteiger partial charge in [-0.05, 0) is 61.9 Å². The number of benzene rings is 2. The maximum atomic E-state index is 13.5. The van der Waals surface area contributed by atoms with Crippen molar-refractivity contribution in [3.63, 3.8) is 0 Å². The van der Waals surface area contributed by atoms with Crippen molar-refractivity contribution in [1.29, 1.82) is 5.26 Å². The number of para-hydroxylation sites is 1. The van der Waals surface area contributed by atoms with E-state index in [0.29, 0.717) is 38.9 Å². The van der Waals surface area contributed by atoms with Crippen molar-refractivity contribution in [2.45, 2.75) is 20.5 Å². The molecule has 5 rings (SSSR count). The first kappa shape index (κ1) is 22.4. The van der Waals surface area contributed by atoms with Crippen LogP contribution in [0, 0.1) is 25.2 Å². The average molecular weight is 482 g/mol. The third kappa shape index (κ3) is 4.16. The Morgan fingerprint density at radius 3 is 2.57 bits per heavy atom. The Labute approximate surface area is 206 Å². The molecular formula is C27H20ClN5O2. The average Bonchev–Trinajstić information content (AvgIpc) is 3.24. The summed E-state index contributed by atoms with van der Waals surface area (Å²) in [6, 6.07) is 22.1. The van der Waals surface area contributed by atoms with Crippen molar-refractivity contribution in [1.82, 2.24) is 19.2 Å². The van der Waals surface area contributed by atoms with Crippen LogP contribution in [0.2, 0.25) is 5.02 Å². The highest BCUT2D eigenvalue weighted by molar-refractivity contribution is 6.32. The van der Waals surface area contributed by atoms with E-state index in [1.54, 1.807) is 48.1 Å². The molecule has 2 aromatic carbocycles. The number of aryl methyl sites for hydroxylation is 2. The predicted octanol–water partition coefficient (Wildman–Crippen LogP) is 5.27. The van der Waals surface area contributed by atoms with E-state index in [1.165, 1.54) is 4.40 Å². The maximum Gasteiger partial charge on any atom is 0.267 e. The summed E-state index contributed by atoms with van der Waals surface area (Å²) < 4.78 is 9.19. The van der Waals surface area contributed by atoms with Gasteiger partial charge in [0, 0.05) is 11.9 Å². The second-order valence-corrected chi connectivity index (χ2v) is 8.48. The van der Waals surface area contributed by atoms with Gasteiger partial charge in [0.1, 0.15) is 12.3 Å². The van der Waals surface area contributed by atoms with Crippen molar-refractivity contribution >= 4 is 17.2 Å². The van der Waals surface area contributed by atoms with E-state index in [9.17, 15) is 4.79 Å². The molecule has 172 valence electrons. The fraction of sp³-hybridized carbons (Fsp3) is 0.111. The quantitative estimate of drug-likeness (QED) is 0.341. The molecule has 0 atom stereocenters. The van der Waals surface area contributed by atoms with E-state index in [2.05, 4.69) is 11.2 Å². The lowest BCUT2D eigenvalue weighted by Gasteiger charge is -2.12. The number of rotatable bonds is 5. The highest BCUT2D eigenvalue weighted by atomic mass is 35.5. The van der Waals surface area contributed by atoms with Gasteiger partial charge in [-0.1, -0.05) is 35.9 Å². The van der Waals surface area contributed by atoms with Crippen LogP contribution in [0.1, 0.15) is 22.5 Å². The Morgan fingerprint density at radius 1 is 1.06 bits per heavy atom. The van der Waals surface area contributed by atoms with Gasteiger partial charge in [-0.25, -0.2) is 9.67 Å². The number of ether oxygens (including phenoxy) is 1. The number of hydrogen-bond acceptors (Lipinski definition) is 5. The van der Waals surface area contributed by atoms with Gasteiger partial charge in [0.15, 0.2) is 11.4 Å². The molecule has 0 unspecified atom stereocenters. The van der Waals surface area contributed by atoms with E-state index in [0.717, 1.165) is 16.9 Å². The molecule has 0 amide bonds. The summed E-state index contributed by atoms with van der Waals surface area (Å²) in [4.78, 5) is 18.2. The van der Waals surface area contributed by atoms with Crippen molar-refractivity contribution in [3.8, 4) is 28.8 Å². The van der Waals surface area contributed by atoms with Gasteiger partial charge in [-0.2, -0.15) is 10.4 Å². The summed E-state index contributed by atoms with van der Waals surface area (Å²) >= 11 is 6.37. The first-order valence-electron chi connectivity index (χ1n) is 10.9. The van der Waals surface area contributed by atoms with E-state index < -0.39 is 0 Å². The summed E-state index contributed by atoms with van der Waals surface area (Å²) in [6.07, 6.45) is 1.67. The fourth-order valence-corrected chi connectivity index (χ4v) is 4.17. The second-order valence-electron chi connectivity index (χ2n) is 8.07. The summed E-state index contributed by atoms with van der Waals surface area (Å²) in [6.45, 7) is 3.98. The Bertz CT molecular complexity index is 1660. The smallest absolute Gasteiger partial charge is 0.267 e. The number of halogens is 1. The van der Waals surface area contributed by atoms with Gasteiger partial charge in [0.25, 0.3) is 5.56 Å². The lowest BCUT2D eigenvalue weighted by Crippen LogP contribution is -2.19. The molecule has 5 aromatic rings. The fourth-order valence-electron chi connectivity index (χ4n) is 3.95. The SMILES string of the molecule is Cc1nc2c(OCc3ccc(C#N)cc3)cccn2c(=O)c1-c1cc(C)n(-c2ccccc2Cl)n1. The lowest BCUT2D eigenvalue weighted by molar-refractivity contribution is 0.308. The summed E-state index contributed by atoms with van der Waals surface area (Å²) in [5.41, 5.74) is 4.75. The summed E-state index contributed by atoms with van der Waals surface area (Å²) in [5, 5.41) is 14.2. The van der Waals surface area contributed by atoms with Gasteiger partial charge in [-0.15, -0.1) is 0 Å². The van der Waals surface area contributed by atoms with Crippen molar-refractivity contribution in [2.75, 3.05) is 0 Å². The molecule has 0 radical (unpaired) electrons. The maximum absolute atomic E-state index is 13.5. The summed E-state index contributed by atoms with van der Waals surface area (Å²) in [7, 11) is 0. The topological polar surface area (TPSA) is 85.2 Å². The number of nitriles is 1. The Morgan fingerprint density at radius 2 is 1.83 bits per heavy atom. The minimum Gasteiger partial charge on any atom is -0.485 e. The van der Waals surface area contributed by atoms with E-state index in [-0.39, 0.29) is 12.2 Å². The Hall–Kier alpha value is -4.41. The minimum absolute atomic E-state index is 0.236.